The van der Waals surface area contributed by atoms with Crippen molar-refractivity contribution >= 4 is 11.9 Å². The van der Waals surface area contributed by atoms with Crippen LogP contribution in [-0.4, -0.2) is 23.5 Å². The van der Waals surface area contributed by atoms with Crippen LogP contribution >= 0.6 is 0 Å². The third-order valence-corrected chi connectivity index (χ3v) is 4.02. The van der Waals surface area contributed by atoms with Crippen LogP contribution in [-0.2, 0) is 9.59 Å². The highest BCUT2D eigenvalue weighted by Crippen LogP contribution is 1.98. The van der Waals surface area contributed by atoms with E-state index >= 15 is 0 Å². The van der Waals surface area contributed by atoms with Crippen molar-refractivity contribution in [2.24, 2.45) is 0 Å². The van der Waals surface area contributed by atoms with E-state index in [4.69, 9.17) is 5.11 Å². The minimum absolute atomic E-state index is 0.0279. The number of aliphatic carboxylic acids is 1. The number of hydrogen-bond donors (Lipinski definition) is 2. The SMILES string of the molecule is CC/C=C\C/C=C\C/C=C\C/C=C\C/C=C\C/C=C\CCC(=O)NCCCC(=O)O. The van der Waals surface area contributed by atoms with Crippen LogP contribution in [0.25, 0.3) is 0 Å². The van der Waals surface area contributed by atoms with Gasteiger partial charge < -0.3 is 10.4 Å². The van der Waals surface area contributed by atoms with Gasteiger partial charge in [-0.25, -0.2) is 0 Å². The number of allylic oxidation sites excluding steroid dienone is 12. The third-order valence-electron chi connectivity index (χ3n) is 4.02. The van der Waals surface area contributed by atoms with E-state index in [0.29, 0.717) is 25.8 Å². The fraction of sp³-hybridized carbons (Fsp3) is 0.462. The van der Waals surface area contributed by atoms with Gasteiger partial charge in [0.05, 0.1) is 0 Å². The van der Waals surface area contributed by atoms with Crippen LogP contribution in [0.2, 0.25) is 0 Å². The molecule has 4 heteroatoms. The van der Waals surface area contributed by atoms with Gasteiger partial charge in [-0.2, -0.15) is 0 Å². The number of rotatable bonds is 18. The summed E-state index contributed by atoms with van der Waals surface area (Å²) in [6, 6.07) is 0. The van der Waals surface area contributed by atoms with Gasteiger partial charge in [0.15, 0.2) is 0 Å². The topological polar surface area (TPSA) is 66.4 Å². The molecule has 0 bridgehead atoms. The number of amides is 1. The van der Waals surface area contributed by atoms with Crippen LogP contribution < -0.4 is 5.32 Å². The van der Waals surface area contributed by atoms with Gasteiger partial charge in [0, 0.05) is 19.4 Å². The molecule has 0 radical (unpaired) electrons. The van der Waals surface area contributed by atoms with Crippen molar-refractivity contribution in [2.45, 2.75) is 71.1 Å². The minimum Gasteiger partial charge on any atom is -0.481 e. The molecule has 0 aliphatic heterocycles. The van der Waals surface area contributed by atoms with E-state index in [0.717, 1.165) is 38.5 Å². The second-order valence-electron chi connectivity index (χ2n) is 6.80. The summed E-state index contributed by atoms with van der Waals surface area (Å²) in [5, 5.41) is 11.2. The lowest BCUT2D eigenvalue weighted by Crippen LogP contribution is -2.24. The molecule has 30 heavy (non-hydrogen) atoms. The van der Waals surface area contributed by atoms with Crippen LogP contribution in [0.3, 0.4) is 0 Å². The Balaban J connectivity index is 3.56. The summed E-state index contributed by atoms with van der Waals surface area (Å²) in [5.74, 6) is -0.859. The van der Waals surface area contributed by atoms with Crippen LogP contribution in [0, 0.1) is 0 Å². The fourth-order valence-corrected chi connectivity index (χ4v) is 2.41. The lowest BCUT2D eigenvalue weighted by molar-refractivity contribution is -0.137. The summed E-state index contributed by atoms with van der Waals surface area (Å²) in [6.45, 7) is 2.57. The molecule has 0 unspecified atom stereocenters. The maximum absolute atomic E-state index is 11.5. The van der Waals surface area contributed by atoms with Crippen LogP contribution in [0.4, 0.5) is 0 Å². The van der Waals surface area contributed by atoms with E-state index in [9.17, 15) is 9.59 Å². The zero-order chi connectivity index (χ0) is 22.1. The Hall–Kier alpha value is -2.62. The maximum atomic E-state index is 11.5. The van der Waals surface area contributed by atoms with Gasteiger partial charge in [0.2, 0.25) is 5.91 Å². The van der Waals surface area contributed by atoms with E-state index < -0.39 is 5.97 Å². The number of carboxylic acid groups (broad SMARTS) is 1. The molecule has 0 aromatic rings. The number of nitrogens with one attached hydrogen (secondary N) is 1. The van der Waals surface area contributed by atoms with E-state index in [1.807, 2.05) is 6.08 Å². The lowest BCUT2D eigenvalue weighted by atomic mass is 10.2. The van der Waals surface area contributed by atoms with Gasteiger partial charge in [-0.3, -0.25) is 9.59 Å². The molecule has 4 nitrogen and oxygen atoms in total. The maximum Gasteiger partial charge on any atom is 0.303 e. The summed E-state index contributed by atoms with van der Waals surface area (Å²) in [4.78, 5) is 21.9. The molecule has 0 saturated carbocycles. The molecule has 166 valence electrons. The van der Waals surface area contributed by atoms with Crippen LogP contribution in [0.15, 0.2) is 72.9 Å². The highest BCUT2D eigenvalue weighted by Gasteiger charge is 2.00. The molecular weight excluding hydrogens is 374 g/mol. The van der Waals surface area contributed by atoms with Gasteiger partial charge in [0.1, 0.15) is 0 Å². The number of hydrogen-bond acceptors (Lipinski definition) is 2. The van der Waals surface area contributed by atoms with Gasteiger partial charge in [-0.05, 0) is 51.4 Å². The fourth-order valence-electron chi connectivity index (χ4n) is 2.41. The molecule has 0 aliphatic rings. The Morgan fingerprint density at radius 1 is 0.667 bits per heavy atom. The third kappa shape index (κ3) is 23.4. The predicted octanol–water partition coefficient (Wildman–Crippen LogP) is 6.45. The second-order valence-corrected chi connectivity index (χ2v) is 6.80. The Kier molecular flexibility index (Phi) is 20.7. The molecule has 0 saturated heterocycles. The van der Waals surface area contributed by atoms with Gasteiger partial charge in [-0.1, -0.05) is 79.8 Å². The molecule has 0 aliphatic carbocycles. The van der Waals surface area contributed by atoms with E-state index in [1.54, 1.807) is 0 Å². The van der Waals surface area contributed by atoms with Crippen molar-refractivity contribution in [3.8, 4) is 0 Å². The van der Waals surface area contributed by atoms with E-state index in [2.05, 4.69) is 79.1 Å². The molecule has 0 rings (SSSR count). The molecule has 0 heterocycles. The molecule has 0 atom stereocenters. The van der Waals surface area contributed by atoms with Crippen molar-refractivity contribution < 1.29 is 14.7 Å². The summed E-state index contributed by atoms with van der Waals surface area (Å²) in [5.41, 5.74) is 0. The van der Waals surface area contributed by atoms with Crippen LogP contribution in [0.5, 0.6) is 0 Å². The smallest absolute Gasteiger partial charge is 0.303 e. The van der Waals surface area contributed by atoms with Crippen molar-refractivity contribution in [2.75, 3.05) is 6.54 Å². The van der Waals surface area contributed by atoms with E-state index in [1.165, 1.54) is 0 Å². The summed E-state index contributed by atoms with van der Waals surface area (Å²) in [6.07, 6.45) is 33.5. The first-order valence-electron chi connectivity index (χ1n) is 11.0. The molecule has 1 amide bonds. The second kappa shape index (κ2) is 22.7. The summed E-state index contributed by atoms with van der Waals surface area (Å²) >= 11 is 0. The van der Waals surface area contributed by atoms with Crippen LogP contribution in [0.1, 0.15) is 71.1 Å². The van der Waals surface area contributed by atoms with Crippen molar-refractivity contribution in [3.05, 3.63) is 72.9 Å². The minimum atomic E-state index is -0.831. The Morgan fingerprint density at radius 2 is 1.10 bits per heavy atom. The average molecular weight is 414 g/mol. The highest BCUT2D eigenvalue weighted by atomic mass is 16.4. The molecule has 0 aromatic carbocycles. The molecule has 0 fully saturated rings. The zero-order valence-electron chi connectivity index (χ0n) is 18.5. The quantitative estimate of drug-likeness (QED) is 0.200. The Morgan fingerprint density at radius 3 is 1.53 bits per heavy atom. The standard InChI is InChI=1S/C26H39NO3/c1-2-3-4-5-6-7-8-9-10-11-12-13-14-15-16-17-18-19-20-22-25(28)27-24-21-23-26(29)30/h3-4,6-7,9-10,12-13,15-16,18-19H,2,5,8,11,14,17,20-24H2,1H3,(H,27,28)(H,29,30)/b4-3-,7-6-,10-9-,13-12-,16-15-,19-18-. The van der Waals surface area contributed by atoms with Crippen molar-refractivity contribution in [1.82, 2.24) is 5.32 Å². The first-order chi connectivity index (χ1) is 14.7. The highest BCUT2D eigenvalue weighted by molar-refractivity contribution is 5.76. The molecular formula is C26H39NO3. The number of carbonyl (C=O) groups excluding carboxylic acids is 1. The van der Waals surface area contributed by atoms with Gasteiger partial charge >= 0.3 is 5.97 Å². The Labute approximate surface area is 182 Å². The molecule has 2 N–H and O–H groups in total. The largest absolute Gasteiger partial charge is 0.481 e. The van der Waals surface area contributed by atoms with Crippen molar-refractivity contribution in [1.29, 1.82) is 0 Å². The monoisotopic (exact) mass is 413 g/mol. The Bertz CT molecular complexity index is 610. The molecule has 0 spiro atoms. The molecule has 0 aromatic heterocycles. The van der Waals surface area contributed by atoms with Gasteiger partial charge in [0.25, 0.3) is 0 Å². The van der Waals surface area contributed by atoms with Gasteiger partial charge in [-0.15, -0.1) is 0 Å². The van der Waals surface area contributed by atoms with Crippen molar-refractivity contribution in [3.63, 3.8) is 0 Å². The zero-order valence-corrected chi connectivity index (χ0v) is 18.5. The van der Waals surface area contributed by atoms with E-state index in [-0.39, 0.29) is 12.3 Å². The first-order valence-corrected chi connectivity index (χ1v) is 11.0. The summed E-state index contributed by atoms with van der Waals surface area (Å²) < 4.78 is 0. The number of carboxylic acids is 1. The normalized spacial score (nSPS) is 12.6. The average Bonchev–Trinajstić information content (AvgIpc) is 2.72. The number of carbonyl (C=O) groups is 2. The first kappa shape index (κ1) is 27.4. The predicted molar refractivity (Wildman–Crippen MR) is 127 cm³/mol. The lowest BCUT2D eigenvalue weighted by Gasteiger charge is -2.02. The summed E-state index contributed by atoms with van der Waals surface area (Å²) in [7, 11) is 0.